The molecule has 1 saturated carbocycles. The smallest absolute Gasteiger partial charge is 0.270 e. The first kappa shape index (κ1) is 14.2. The minimum absolute atomic E-state index is 0.155. The lowest BCUT2D eigenvalue weighted by Crippen LogP contribution is -2.27. The van der Waals surface area contributed by atoms with Crippen molar-refractivity contribution in [1.82, 2.24) is 0 Å². The van der Waals surface area contributed by atoms with E-state index in [2.05, 4.69) is 0 Å². The van der Waals surface area contributed by atoms with Gasteiger partial charge >= 0.3 is 0 Å². The molecule has 106 valence electrons. The van der Waals surface area contributed by atoms with Gasteiger partial charge in [-0.05, 0) is 18.9 Å². The number of hydrogen-bond donors (Lipinski definition) is 0. The van der Waals surface area contributed by atoms with Crippen LogP contribution in [0.5, 0.6) is 0 Å². The molecule has 0 amide bonds. The molecule has 0 atom stereocenters. The Bertz CT molecular complexity index is 553. The molecule has 0 bridgehead atoms. The van der Waals surface area contributed by atoms with Crippen LogP contribution in [-0.4, -0.2) is 17.5 Å². The largest absolute Gasteiger partial charge is 0.367 e. The van der Waals surface area contributed by atoms with Gasteiger partial charge in [0.25, 0.3) is 12.1 Å². The Balaban J connectivity index is 2.37. The number of non-ortho nitro benzene ring substituents is 1. The van der Waals surface area contributed by atoms with Crippen LogP contribution in [0.25, 0.3) is 0 Å². The number of halogens is 2. The van der Waals surface area contributed by atoms with Gasteiger partial charge in [-0.2, -0.15) is 5.26 Å². The topological polar surface area (TPSA) is 70.2 Å². The number of hydrogen-bond acceptors (Lipinski definition) is 4. The van der Waals surface area contributed by atoms with E-state index in [9.17, 15) is 18.9 Å². The molecule has 0 unspecified atom stereocenters. The molecule has 1 fully saturated rings. The summed E-state index contributed by atoms with van der Waals surface area (Å²) in [4.78, 5) is 11.7. The second-order valence-corrected chi connectivity index (χ2v) is 4.63. The van der Waals surface area contributed by atoms with Gasteiger partial charge in [-0.1, -0.05) is 0 Å². The summed E-state index contributed by atoms with van der Waals surface area (Å²) in [5, 5.41) is 19.3. The molecule has 1 aromatic rings. The molecule has 0 spiro atoms. The molecule has 0 saturated heterocycles. The van der Waals surface area contributed by atoms with Crippen LogP contribution in [0, 0.1) is 21.4 Å². The Labute approximate surface area is 114 Å². The van der Waals surface area contributed by atoms with E-state index in [4.69, 9.17) is 5.26 Å². The third-order valence-electron chi connectivity index (χ3n) is 3.22. The highest BCUT2D eigenvalue weighted by atomic mass is 19.3. The van der Waals surface area contributed by atoms with Crippen molar-refractivity contribution in [2.75, 3.05) is 11.4 Å². The normalized spacial score (nSPS) is 14.1. The summed E-state index contributed by atoms with van der Waals surface area (Å²) in [6.45, 7) is 0.360. The molecule has 0 aliphatic heterocycles. The third kappa shape index (κ3) is 3.02. The van der Waals surface area contributed by atoms with Crippen LogP contribution < -0.4 is 4.90 Å². The Morgan fingerprint density at radius 1 is 1.50 bits per heavy atom. The number of rotatable bonds is 6. The van der Waals surface area contributed by atoms with E-state index < -0.39 is 11.3 Å². The van der Waals surface area contributed by atoms with E-state index in [-0.39, 0.29) is 23.7 Å². The molecule has 20 heavy (non-hydrogen) atoms. The molecule has 0 heterocycles. The van der Waals surface area contributed by atoms with Gasteiger partial charge in [0.15, 0.2) is 0 Å². The van der Waals surface area contributed by atoms with Gasteiger partial charge in [-0.3, -0.25) is 10.1 Å². The van der Waals surface area contributed by atoms with E-state index in [1.807, 2.05) is 6.07 Å². The lowest BCUT2D eigenvalue weighted by atomic mass is 10.1. The van der Waals surface area contributed by atoms with E-state index in [1.54, 1.807) is 4.90 Å². The van der Waals surface area contributed by atoms with Crippen LogP contribution in [0.15, 0.2) is 18.2 Å². The zero-order chi connectivity index (χ0) is 14.7. The summed E-state index contributed by atoms with van der Waals surface area (Å²) in [6, 6.07) is 5.65. The predicted molar refractivity (Wildman–Crippen MR) is 68.7 cm³/mol. The van der Waals surface area contributed by atoms with E-state index >= 15 is 0 Å². The summed E-state index contributed by atoms with van der Waals surface area (Å²) < 4.78 is 26.2. The zero-order valence-corrected chi connectivity index (χ0v) is 10.6. The Morgan fingerprint density at radius 3 is 2.70 bits per heavy atom. The number of nitro benzene ring substituents is 1. The average Bonchev–Trinajstić information content (AvgIpc) is 3.23. The molecule has 7 heteroatoms. The molecule has 1 aromatic carbocycles. The molecule has 0 radical (unpaired) electrons. The van der Waals surface area contributed by atoms with Gasteiger partial charge in [0, 0.05) is 36.0 Å². The Morgan fingerprint density at radius 2 is 2.20 bits per heavy atom. The first-order valence-electron chi connectivity index (χ1n) is 6.24. The molecule has 1 aliphatic rings. The summed E-state index contributed by atoms with van der Waals surface area (Å²) in [5.74, 6) is 0. The van der Waals surface area contributed by atoms with Crippen molar-refractivity contribution in [3.05, 3.63) is 33.9 Å². The highest BCUT2D eigenvalue weighted by Crippen LogP contribution is 2.38. The number of nitriles is 1. The van der Waals surface area contributed by atoms with Crippen molar-refractivity contribution in [3.63, 3.8) is 0 Å². The summed E-state index contributed by atoms with van der Waals surface area (Å²) in [7, 11) is 0. The summed E-state index contributed by atoms with van der Waals surface area (Å²) in [5.41, 5.74) is -0.396. The second kappa shape index (κ2) is 5.82. The maximum absolute atomic E-state index is 13.1. The van der Waals surface area contributed by atoms with Crippen LogP contribution in [0.4, 0.5) is 20.2 Å². The maximum atomic E-state index is 13.1. The van der Waals surface area contributed by atoms with Crippen molar-refractivity contribution >= 4 is 11.4 Å². The van der Waals surface area contributed by atoms with Gasteiger partial charge in [0.05, 0.1) is 17.4 Å². The molecule has 2 rings (SSSR count). The van der Waals surface area contributed by atoms with Crippen LogP contribution in [0.2, 0.25) is 0 Å². The predicted octanol–water partition coefficient (Wildman–Crippen LogP) is 3.41. The van der Waals surface area contributed by atoms with Crippen molar-refractivity contribution in [3.8, 4) is 6.07 Å². The lowest BCUT2D eigenvalue weighted by molar-refractivity contribution is -0.385. The number of nitro groups is 1. The number of nitrogens with zero attached hydrogens (tertiary/aromatic N) is 3. The van der Waals surface area contributed by atoms with E-state index in [0.717, 1.165) is 18.9 Å². The molecule has 5 nitrogen and oxygen atoms in total. The lowest BCUT2D eigenvalue weighted by Gasteiger charge is -2.26. The first-order chi connectivity index (χ1) is 9.54. The van der Waals surface area contributed by atoms with Gasteiger partial charge in [0.2, 0.25) is 0 Å². The fourth-order valence-corrected chi connectivity index (χ4v) is 2.15. The van der Waals surface area contributed by atoms with Crippen molar-refractivity contribution in [2.45, 2.75) is 31.7 Å². The number of alkyl halides is 2. The first-order valence-corrected chi connectivity index (χ1v) is 6.24. The molecule has 0 aromatic heterocycles. The van der Waals surface area contributed by atoms with Crippen LogP contribution >= 0.6 is 0 Å². The molecule has 1 aliphatic carbocycles. The summed E-state index contributed by atoms with van der Waals surface area (Å²) >= 11 is 0. The van der Waals surface area contributed by atoms with Crippen LogP contribution in [0.1, 0.15) is 31.3 Å². The Hall–Kier alpha value is -2.23. The van der Waals surface area contributed by atoms with Gasteiger partial charge in [-0.25, -0.2) is 8.78 Å². The quantitative estimate of drug-likeness (QED) is 0.591. The second-order valence-electron chi connectivity index (χ2n) is 4.63. The van der Waals surface area contributed by atoms with E-state index in [0.29, 0.717) is 12.2 Å². The maximum Gasteiger partial charge on any atom is 0.270 e. The van der Waals surface area contributed by atoms with Crippen LogP contribution in [0.3, 0.4) is 0 Å². The Kier molecular flexibility index (Phi) is 4.13. The fourth-order valence-electron chi connectivity index (χ4n) is 2.15. The van der Waals surface area contributed by atoms with Crippen molar-refractivity contribution in [1.29, 1.82) is 5.26 Å². The fraction of sp³-hybridized carbons (Fsp3) is 0.462. The SMILES string of the molecule is N#CCCN(c1ccc([N+](=O)[O-])cc1C(F)F)C1CC1. The standard InChI is InChI=1S/C13H13F2N3O2/c14-13(15)11-8-10(18(19)20)4-5-12(11)17(7-1-6-16)9-2-3-9/h4-5,8-9,13H,1-3,7H2. The summed E-state index contributed by atoms with van der Waals surface area (Å²) in [6.07, 6.45) is -0.764. The van der Waals surface area contributed by atoms with E-state index in [1.165, 1.54) is 12.1 Å². The average molecular weight is 281 g/mol. The highest BCUT2D eigenvalue weighted by Gasteiger charge is 2.32. The van der Waals surface area contributed by atoms with Gasteiger partial charge in [-0.15, -0.1) is 0 Å². The molecule has 0 N–H and O–H groups in total. The van der Waals surface area contributed by atoms with Gasteiger partial charge < -0.3 is 4.90 Å². The third-order valence-corrected chi connectivity index (χ3v) is 3.22. The molecular formula is C13H13F2N3O2. The molecular weight excluding hydrogens is 268 g/mol. The minimum atomic E-state index is -2.78. The van der Waals surface area contributed by atoms with Crippen molar-refractivity contribution in [2.24, 2.45) is 0 Å². The number of anilines is 1. The van der Waals surface area contributed by atoms with Crippen molar-refractivity contribution < 1.29 is 13.7 Å². The zero-order valence-electron chi connectivity index (χ0n) is 10.6. The van der Waals surface area contributed by atoms with Gasteiger partial charge in [0.1, 0.15) is 0 Å². The monoisotopic (exact) mass is 281 g/mol. The number of benzene rings is 1. The minimum Gasteiger partial charge on any atom is -0.367 e. The van der Waals surface area contributed by atoms with Crippen LogP contribution in [-0.2, 0) is 0 Å². The highest BCUT2D eigenvalue weighted by molar-refractivity contribution is 5.60.